The van der Waals surface area contributed by atoms with E-state index in [9.17, 15) is 4.79 Å². The van der Waals surface area contributed by atoms with Crippen molar-refractivity contribution in [1.29, 1.82) is 0 Å². The average molecular weight is 297 g/mol. The maximum Gasteiger partial charge on any atom is 0.361 e. The lowest BCUT2D eigenvalue weighted by molar-refractivity contribution is 0.0520. The van der Waals surface area contributed by atoms with E-state index in [0.717, 1.165) is 11.1 Å². The van der Waals surface area contributed by atoms with Crippen LogP contribution in [0.15, 0.2) is 43.0 Å². The van der Waals surface area contributed by atoms with E-state index >= 15 is 0 Å². The first-order valence-electron chi connectivity index (χ1n) is 6.91. The van der Waals surface area contributed by atoms with Gasteiger partial charge in [-0.25, -0.2) is 9.78 Å². The van der Waals surface area contributed by atoms with Crippen LogP contribution in [0, 0.1) is 0 Å². The molecule has 2 aromatic heterocycles. The van der Waals surface area contributed by atoms with Crippen LogP contribution >= 0.6 is 0 Å². The number of hydrogen-bond acceptors (Lipinski definition) is 5. The molecule has 0 amide bonds. The largest absolute Gasteiger partial charge is 0.461 e. The highest BCUT2D eigenvalue weighted by molar-refractivity contribution is 5.93. The molecule has 112 valence electrons. The van der Waals surface area contributed by atoms with Gasteiger partial charge in [0, 0.05) is 24.5 Å². The number of carbonyl (C=O) groups is 1. The number of hydrogen-bond donors (Lipinski definition) is 1. The molecule has 3 rings (SSSR count). The number of carbonyl (C=O) groups excluding carboxylic acids is 1. The van der Waals surface area contributed by atoms with Crippen molar-refractivity contribution in [3.05, 3.63) is 54.2 Å². The Bertz CT molecular complexity index is 764. The fourth-order valence-corrected chi connectivity index (χ4v) is 2.18. The Morgan fingerprint density at radius 1 is 1.36 bits per heavy atom. The number of ether oxygens (including phenoxy) is 1. The number of benzene rings is 1. The molecule has 0 bridgehead atoms. The third-order valence-corrected chi connectivity index (χ3v) is 3.14. The summed E-state index contributed by atoms with van der Waals surface area (Å²) in [4.78, 5) is 15.9. The molecule has 2 heterocycles. The highest BCUT2D eigenvalue weighted by Crippen LogP contribution is 2.21. The summed E-state index contributed by atoms with van der Waals surface area (Å²) in [6.45, 7) is 2.75. The van der Waals surface area contributed by atoms with Crippen LogP contribution in [0.2, 0.25) is 0 Å². The fourth-order valence-electron chi connectivity index (χ4n) is 2.18. The molecule has 0 saturated heterocycles. The third kappa shape index (κ3) is 2.88. The summed E-state index contributed by atoms with van der Waals surface area (Å²) in [5, 5.41) is 10.4. The summed E-state index contributed by atoms with van der Waals surface area (Å²) in [5.41, 5.74) is 2.58. The number of aromatic amines is 1. The quantitative estimate of drug-likeness (QED) is 0.727. The lowest BCUT2D eigenvalue weighted by atomic mass is 10.1. The van der Waals surface area contributed by atoms with Gasteiger partial charge < -0.3 is 9.30 Å². The SMILES string of the molecule is CCOC(=O)c1n[nH]nc1-c1cccc(Cn2ccnc2)c1. The summed E-state index contributed by atoms with van der Waals surface area (Å²) in [7, 11) is 0. The summed E-state index contributed by atoms with van der Waals surface area (Å²) < 4.78 is 6.96. The lowest BCUT2D eigenvalue weighted by Crippen LogP contribution is -2.07. The Balaban J connectivity index is 1.89. The molecule has 0 saturated carbocycles. The van der Waals surface area contributed by atoms with E-state index < -0.39 is 5.97 Å². The lowest BCUT2D eigenvalue weighted by Gasteiger charge is -2.05. The van der Waals surface area contributed by atoms with Crippen LogP contribution in [0.3, 0.4) is 0 Å². The van der Waals surface area contributed by atoms with Crippen LogP contribution in [-0.4, -0.2) is 37.5 Å². The number of esters is 1. The van der Waals surface area contributed by atoms with Crippen LogP contribution in [0.1, 0.15) is 23.0 Å². The van der Waals surface area contributed by atoms with E-state index in [4.69, 9.17) is 4.74 Å². The molecule has 0 unspecified atom stereocenters. The summed E-state index contributed by atoms with van der Waals surface area (Å²) in [6, 6.07) is 7.79. The monoisotopic (exact) mass is 297 g/mol. The predicted octanol–water partition coefficient (Wildman–Crippen LogP) is 1.89. The van der Waals surface area contributed by atoms with Gasteiger partial charge in [0.05, 0.1) is 12.9 Å². The molecule has 0 atom stereocenters. The molecule has 7 heteroatoms. The standard InChI is InChI=1S/C15H15N5O2/c1-2-22-15(21)14-13(17-19-18-14)12-5-3-4-11(8-12)9-20-7-6-16-10-20/h3-8,10H,2,9H2,1H3,(H,17,18,19). The first kappa shape index (κ1) is 14.0. The number of rotatable bonds is 5. The van der Waals surface area contributed by atoms with Crippen LogP contribution in [-0.2, 0) is 11.3 Å². The Kier molecular flexibility index (Phi) is 3.95. The summed E-state index contributed by atoms with van der Waals surface area (Å²) in [6.07, 6.45) is 5.39. The van der Waals surface area contributed by atoms with Gasteiger partial charge in [0.15, 0.2) is 5.69 Å². The van der Waals surface area contributed by atoms with Gasteiger partial charge in [-0.15, -0.1) is 5.10 Å². The first-order valence-corrected chi connectivity index (χ1v) is 6.91. The third-order valence-electron chi connectivity index (χ3n) is 3.14. The van der Waals surface area contributed by atoms with E-state index in [2.05, 4.69) is 20.4 Å². The Hall–Kier alpha value is -2.96. The van der Waals surface area contributed by atoms with Crippen molar-refractivity contribution in [2.75, 3.05) is 6.61 Å². The van der Waals surface area contributed by atoms with Gasteiger partial charge in [-0.2, -0.15) is 10.3 Å². The molecule has 0 aliphatic rings. The molecule has 22 heavy (non-hydrogen) atoms. The maximum atomic E-state index is 11.9. The van der Waals surface area contributed by atoms with Crippen molar-refractivity contribution in [2.45, 2.75) is 13.5 Å². The average Bonchev–Trinajstić information content (AvgIpc) is 3.19. The van der Waals surface area contributed by atoms with E-state index in [0.29, 0.717) is 18.8 Å². The number of nitrogens with zero attached hydrogens (tertiary/aromatic N) is 4. The Morgan fingerprint density at radius 3 is 3.05 bits per heavy atom. The molecule has 0 fully saturated rings. The van der Waals surface area contributed by atoms with E-state index in [1.165, 1.54) is 0 Å². The maximum absolute atomic E-state index is 11.9. The minimum Gasteiger partial charge on any atom is -0.461 e. The first-order chi connectivity index (χ1) is 10.8. The molecule has 1 aromatic carbocycles. The van der Waals surface area contributed by atoms with Gasteiger partial charge in [0.1, 0.15) is 5.69 Å². The number of aromatic nitrogens is 5. The normalized spacial score (nSPS) is 10.6. The molecule has 3 aromatic rings. The molecule has 0 aliphatic carbocycles. The van der Waals surface area contributed by atoms with Crippen molar-refractivity contribution in [1.82, 2.24) is 25.0 Å². The van der Waals surface area contributed by atoms with E-state index in [1.54, 1.807) is 19.4 Å². The van der Waals surface area contributed by atoms with Gasteiger partial charge in [-0.1, -0.05) is 18.2 Å². The van der Waals surface area contributed by atoms with Crippen molar-refractivity contribution >= 4 is 5.97 Å². The second kappa shape index (κ2) is 6.21. The zero-order valence-corrected chi connectivity index (χ0v) is 12.1. The Labute approximate surface area is 127 Å². The van der Waals surface area contributed by atoms with E-state index in [1.807, 2.05) is 35.0 Å². The zero-order valence-electron chi connectivity index (χ0n) is 12.1. The van der Waals surface area contributed by atoms with E-state index in [-0.39, 0.29) is 5.69 Å². The summed E-state index contributed by atoms with van der Waals surface area (Å²) >= 11 is 0. The van der Waals surface area contributed by atoms with Crippen LogP contribution in [0.4, 0.5) is 0 Å². The molecule has 1 N–H and O–H groups in total. The number of nitrogens with one attached hydrogen (secondary N) is 1. The summed E-state index contributed by atoms with van der Waals surface area (Å²) in [5.74, 6) is -0.480. The highest BCUT2D eigenvalue weighted by atomic mass is 16.5. The molecule has 0 spiro atoms. The zero-order chi connectivity index (χ0) is 15.4. The molecular formula is C15H15N5O2. The van der Waals surface area contributed by atoms with Crippen molar-refractivity contribution in [2.24, 2.45) is 0 Å². The van der Waals surface area contributed by atoms with Gasteiger partial charge >= 0.3 is 5.97 Å². The van der Waals surface area contributed by atoms with Crippen LogP contribution in [0.5, 0.6) is 0 Å². The van der Waals surface area contributed by atoms with Gasteiger partial charge in [-0.3, -0.25) is 0 Å². The minimum absolute atomic E-state index is 0.196. The van der Waals surface area contributed by atoms with Crippen LogP contribution < -0.4 is 0 Å². The smallest absolute Gasteiger partial charge is 0.361 e. The molecular weight excluding hydrogens is 282 g/mol. The van der Waals surface area contributed by atoms with Gasteiger partial charge in [0.2, 0.25) is 0 Å². The highest BCUT2D eigenvalue weighted by Gasteiger charge is 2.19. The molecule has 7 nitrogen and oxygen atoms in total. The second-order valence-corrected chi connectivity index (χ2v) is 4.68. The van der Waals surface area contributed by atoms with Gasteiger partial charge in [0.25, 0.3) is 0 Å². The predicted molar refractivity (Wildman–Crippen MR) is 79.1 cm³/mol. The molecule has 0 aliphatic heterocycles. The molecule has 0 radical (unpaired) electrons. The van der Waals surface area contributed by atoms with Crippen LogP contribution in [0.25, 0.3) is 11.3 Å². The van der Waals surface area contributed by atoms with Crippen molar-refractivity contribution < 1.29 is 9.53 Å². The number of H-pyrrole nitrogens is 1. The van der Waals surface area contributed by atoms with Gasteiger partial charge in [-0.05, 0) is 18.6 Å². The topological polar surface area (TPSA) is 85.7 Å². The second-order valence-electron chi connectivity index (χ2n) is 4.68. The minimum atomic E-state index is -0.480. The fraction of sp³-hybridized carbons (Fsp3) is 0.200. The van der Waals surface area contributed by atoms with Crippen molar-refractivity contribution in [3.63, 3.8) is 0 Å². The Morgan fingerprint density at radius 2 is 2.27 bits per heavy atom. The number of imidazole rings is 1. The van der Waals surface area contributed by atoms with Crippen molar-refractivity contribution in [3.8, 4) is 11.3 Å².